The molecule has 2 unspecified atom stereocenters. The second-order valence-electron chi connectivity index (χ2n) is 26.3. The number of benzene rings is 1. The summed E-state index contributed by atoms with van der Waals surface area (Å²) in [6.07, 6.45) is -0.769. The highest BCUT2D eigenvalue weighted by atomic mass is 32.2. The zero-order valence-electron chi connectivity index (χ0n) is 61.3. The highest BCUT2D eigenvalue weighted by molar-refractivity contribution is 7.99. The van der Waals surface area contributed by atoms with Crippen molar-refractivity contribution < 1.29 is 120 Å². The molecule has 5 aliphatic rings. The smallest absolute Gasteiger partial charge is 0.253 e. The molecule has 2 fully saturated rings. The number of rotatable bonds is 38. The molecule has 37 nitrogen and oxygen atoms in total. The van der Waals surface area contributed by atoms with Gasteiger partial charge in [0.05, 0.1) is 170 Å². The van der Waals surface area contributed by atoms with Crippen molar-refractivity contribution in [3.05, 3.63) is 35.4 Å². The number of aliphatic hydroxyl groups is 3. The van der Waals surface area contributed by atoms with Gasteiger partial charge in [-0.05, 0) is 30.9 Å². The number of carbonyl (C=O) groups is 12. The largest absolute Gasteiger partial charge is 0.610 e. The van der Waals surface area contributed by atoms with Crippen LogP contribution in [-0.4, -0.2) is 329 Å². The van der Waals surface area contributed by atoms with Gasteiger partial charge in [0.2, 0.25) is 64.1 Å². The molecule has 0 spiro atoms. The van der Waals surface area contributed by atoms with E-state index < -0.39 is 176 Å². The van der Waals surface area contributed by atoms with Crippen molar-refractivity contribution >= 4 is 105 Å². The summed E-state index contributed by atoms with van der Waals surface area (Å²) in [6, 6.07) is -6.98. The molecule has 13 N–H and O–H groups in total. The molecule has 2 aromatic rings. The lowest BCUT2D eigenvalue weighted by molar-refractivity contribution is -0.144. The number of ether oxygens (including phenoxy) is 9. The Hall–Kier alpha value is -7.64. The van der Waals surface area contributed by atoms with E-state index >= 15 is 4.55 Å². The van der Waals surface area contributed by atoms with Crippen molar-refractivity contribution in [1.29, 1.82) is 0 Å². The number of carbonyl (C=O) groups excluding carboxylic acids is 12. The van der Waals surface area contributed by atoms with E-state index in [1.54, 1.807) is 42.6 Å². The molecule has 0 radical (unpaired) electrons. The Kier molecular flexibility index (Phi) is 36.9. The van der Waals surface area contributed by atoms with Crippen LogP contribution in [0.25, 0.3) is 10.9 Å². The Morgan fingerprint density at radius 1 is 0.685 bits per heavy atom. The Labute approximate surface area is 632 Å². The lowest BCUT2D eigenvalue weighted by Gasteiger charge is -2.32. The van der Waals surface area contributed by atoms with Crippen molar-refractivity contribution in [2.75, 3.05) is 164 Å². The highest BCUT2D eigenvalue weighted by Gasteiger charge is 2.46. The molecule has 7 rings (SSSR count). The van der Waals surface area contributed by atoms with Crippen LogP contribution in [0.1, 0.15) is 70.4 Å². The number of imide groups is 1. The number of amides is 12. The summed E-state index contributed by atoms with van der Waals surface area (Å²) in [7, 11) is 1.44. The van der Waals surface area contributed by atoms with Gasteiger partial charge < -0.3 is 120 Å². The number of hydrogen-bond acceptors (Lipinski definition) is 26. The predicted octanol–water partition coefficient (Wildman–Crippen LogP) is -4.95. The normalized spacial score (nSPS) is 23.4. The van der Waals surface area contributed by atoms with Gasteiger partial charge in [0.25, 0.3) is 11.8 Å². The standard InChI is InChI=1S/C69H104N12O25S2/c1-5-41(2)60-66(94)72-35-55(86)73-50-40-108(97)68-46(33-48(63(91)71-36-56(87)76-60)74-67(95)61(42(3)52(84)38-82)77-65(93)51-32-43(83)37-81(51)69(96)49(34-54(70)85)75-64(50)92)45-6-7-53(98-4)47(62(45)78-68)39-107-44-10-13-79(14-11-44)57(88)12-16-99-18-20-101-22-24-103-26-28-105-30-31-106-29-27-104-25-23-102-21-19-100-17-15-80-58(89)8-9-59(80)90/h6-9,41-44,48-52,60-61,78,82-84H,5,10-40H2,1-4H3,(H2,70,85)(H,71,91)(H,72,94)(H,73,86)(H,74,95)(H,75,92)(H,76,87)(H,77,93)/t41-,42-,43+,48-,49-,50?,51-,52-,60-,61-,108?/m0/s1. The monoisotopic (exact) mass is 1560 g/mol. The Bertz CT molecular complexity index is 3380. The first kappa shape index (κ1) is 87.6. The molecule has 5 aliphatic heterocycles. The number of piperidine rings is 1. The van der Waals surface area contributed by atoms with E-state index in [1.165, 1.54) is 26.2 Å². The van der Waals surface area contributed by atoms with Crippen LogP contribution in [-0.2, 0) is 119 Å². The van der Waals surface area contributed by atoms with Crippen molar-refractivity contribution in [3.8, 4) is 5.75 Å². The fraction of sp³-hybridized carbons (Fsp3) is 0.681. The lowest BCUT2D eigenvalue weighted by atomic mass is 9.93. The third kappa shape index (κ3) is 26.8. The first-order chi connectivity index (χ1) is 51.9. The molecule has 2 saturated heterocycles. The van der Waals surface area contributed by atoms with Crippen LogP contribution in [0.2, 0.25) is 0 Å². The van der Waals surface area contributed by atoms with Crippen LogP contribution in [0.5, 0.6) is 5.75 Å². The summed E-state index contributed by atoms with van der Waals surface area (Å²) in [5, 5.41) is 49.9. The van der Waals surface area contributed by atoms with Crippen LogP contribution in [0.4, 0.5) is 0 Å². The highest BCUT2D eigenvalue weighted by Crippen LogP contribution is 2.39. The van der Waals surface area contributed by atoms with E-state index in [1.807, 2.05) is 0 Å². The van der Waals surface area contributed by atoms with Crippen LogP contribution in [0.3, 0.4) is 0 Å². The number of hydrogen-bond donors (Lipinski definition) is 12. The van der Waals surface area contributed by atoms with Gasteiger partial charge >= 0.3 is 0 Å². The third-order valence-corrected chi connectivity index (χ3v) is 21.5. The number of aromatic amines is 1. The minimum absolute atomic E-state index is 0.0192. The van der Waals surface area contributed by atoms with Crippen LogP contribution < -0.4 is 47.7 Å². The number of thioether (sulfide) groups is 1. The summed E-state index contributed by atoms with van der Waals surface area (Å²) < 4.78 is 65.6. The van der Waals surface area contributed by atoms with Crippen LogP contribution in [0, 0.1) is 11.8 Å². The quantitative estimate of drug-likeness (QED) is 0.0170. The molecule has 1 aromatic carbocycles. The van der Waals surface area contributed by atoms with E-state index in [4.69, 9.17) is 48.4 Å². The van der Waals surface area contributed by atoms with Gasteiger partial charge in [-0.25, -0.2) is 0 Å². The van der Waals surface area contributed by atoms with Gasteiger partial charge in [0, 0.05) is 89.2 Å². The topological polar surface area (TPSA) is 507 Å². The summed E-state index contributed by atoms with van der Waals surface area (Å²) in [5.74, 6) is -12.2. The fourth-order valence-electron chi connectivity index (χ4n) is 12.4. The number of aliphatic hydroxyl groups excluding tert-OH is 3. The molecule has 0 saturated carbocycles. The number of fused-ring (bicyclic) bond motifs is 5. The summed E-state index contributed by atoms with van der Waals surface area (Å²) in [5.41, 5.74) is 6.62. The minimum atomic E-state index is -2.46. The van der Waals surface area contributed by atoms with Crippen LogP contribution >= 0.6 is 11.8 Å². The van der Waals surface area contributed by atoms with Crippen molar-refractivity contribution in [1.82, 2.24) is 56.9 Å². The van der Waals surface area contributed by atoms with Gasteiger partial charge in [-0.3, -0.25) is 62.4 Å². The molecule has 0 aliphatic carbocycles. The van der Waals surface area contributed by atoms with E-state index in [0.717, 1.165) is 9.80 Å². The number of nitrogens with two attached hydrogens (primary N) is 1. The zero-order chi connectivity index (χ0) is 78.2. The maximum Gasteiger partial charge on any atom is 0.253 e. The van der Waals surface area contributed by atoms with E-state index in [2.05, 4.69) is 42.2 Å². The number of primary amides is 1. The van der Waals surface area contributed by atoms with Gasteiger partial charge in [-0.1, -0.05) is 27.2 Å². The number of likely N-dealkylation sites (tertiary alicyclic amines) is 1. The van der Waals surface area contributed by atoms with Gasteiger partial charge in [-0.15, -0.1) is 0 Å². The number of nitrogens with one attached hydrogen (secondary N) is 8. The van der Waals surface area contributed by atoms with Gasteiger partial charge in [-0.2, -0.15) is 11.8 Å². The second kappa shape index (κ2) is 45.5. The third-order valence-electron chi connectivity index (χ3n) is 18.7. The summed E-state index contributed by atoms with van der Waals surface area (Å²) in [6.45, 7) is 8.20. The average molecular weight is 1570 g/mol. The number of H-pyrrole nitrogens is 1. The molecule has 12 amide bonds. The minimum Gasteiger partial charge on any atom is -0.610 e. The van der Waals surface area contributed by atoms with E-state index in [-0.39, 0.29) is 72.1 Å². The first-order valence-corrected chi connectivity index (χ1v) is 38.5. The van der Waals surface area contributed by atoms with Crippen molar-refractivity contribution in [2.24, 2.45) is 17.6 Å². The average Bonchev–Trinajstić information content (AvgIpc) is 1.58. The molecule has 602 valence electrons. The van der Waals surface area contributed by atoms with Gasteiger partial charge in [0.1, 0.15) is 41.7 Å². The second-order valence-corrected chi connectivity index (χ2v) is 29.0. The Balaban J connectivity index is 0.949. The maximum atomic E-state index is 15.5. The fourth-order valence-corrected chi connectivity index (χ4v) is 15.0. The van der Waals surface area contributed by atoms with E-state index in [9.17, 15) is 72.9 Å². The first-order valence-electron chi connectivity index (χ1n) is 36.2. The molecular formula is C69H104N12O25S2. The Morgan fingerprint density at radius 3 is 1.80 bits per heavy atom. The summed E-state index contributed by atoms with van der Waals surface area (Å²) >= 11 is -0.904. The van der Waals surface area contributed by atoms with Gasteiger partial charge in [0.15, 0.2) is 6.04 Å². The van der Waals surface area contributed by atoms with Crippen molar-refractivity contribution in [2.45, 2.75) is 130 Å². The molecular weight excluding hydrogens is 1460 g/mol. The SMILES string of the molecule is CC[C@H](C)[C@@H]1NC(=O)CNC(=O)[C@@H]2Cc3c([nH]c4c(CSC5CCN(C(=O)CCOCCOCCOCCOCCOCCOCCOCCOCCN6C(=O)C=CC6=O)CC5)c(OC)ccc34)[S+]([O-])CC(NC(=O)CNC1=O)C(=O)N[C@@H](CC(N)=O)C(=O)N1C[C@H](O)C[C@H]1C(=O)N[C@@H]([C@@H](C)[C@@H](O)CO)C(=O)N2. The zero-order valence-corrected chi connectivity index (χ0v) is 63.0. The molecule has 108 heavy (non-hydrogen) atoms. The number of methoxy groups -OCH3 is 1. The molecule has 39 heteroatoms. The molecule has 2 bridgehead atoms. The van der Waals surface area contributed by atoms with Crippen LogP contribution in [0.15, 0.2) is 29.3 Å². The molecule has 6 heterocycles. The predicted molar refractivity (Wildman–Crippen MR) is 385 cm³/mol. The number of nitrogens with zero attached hydrogens (tertiary/aromatic N) is 3. The molecule has 1 aromatic heterocycles. The number of aromatic nitrogens is 1. The molecule has 11 atom stereocenters. The van der Waals surface area contributed by atoms with E-state index in [0.29, 0.717) is 140 Å². The van der Waals surface area contributed by atoms with Crippen molar-refractivity contribution in [3.63, 3.8) is 0 Å². The lowest BCUT2D eigenvalue weighted by Crippen LogP contribution is -2.62. The Morgan fingerprint density at radius 2 is 1.24 bits per heavy atom. The summed E-state index contributed by atoms with van der Waals surface area (Å²) in [4.78, 5) is 171. The maximum absolute atomic E-state index is 15.5.